The maximum atomic E-state index is 8.57. The van der Waals surface area contributed by atoms with Crippen LogP contribution in [0.3, 0.4) is 0 Å². The van der Waals surface area contributed by atoms with Crippen molar-refractivity contribution < 1.29 is 9.84 Å². The zero-order valence-corrected chi connectivity index (χ0v) is 6.87. The van der Waals surface area contributed by atoms with E-state index in [1.54, 1.807) is 19.1 Å². The highest BCUT2D eigenvalue weighted by Crippen LogP contribution is 2.08. The standard InChI is InChI=1S/C8H10N2O2/c1-2-12-8(3-4-11)7(5-9)6-10/h11H,2-4H2,1H3. The third-order valence-corrected chi connectivity index (χ3v) is 1.16. The van der Waals surface area contributed by atoms with Crippen molar-refractivity contribution in [3.8, 4) is 12.1 Å². The summed E-state index contributed by atoms with van der Waals surface area (Å²) in [6, 6.07) is 3.41. The molecule has 0 saturated heterocycles. The first kappa shape index (κ1) is 10.5. The van der Waals surface area contributed by atoms with Crippen molar-refractivity contribution in [1.82, 2.24) is 0 Å². The maximum absolute atomic E-state index is 8.57. The van der Waals surface area contributed by atoms with Crippen LogP contribution in [-0.2, 0) is 4.74 Å². The van der Waals surface area contributed by atoms with Crippen molar-refractivity contribution in [1.29, 1.82) is 10.5 Å². The molecule has 0 aromatic heterocycles. The molecule has 0 atom stereocenters. The Morgan fingerprint density at radius 1 is 1.42 bits per heavy atom. The fourth-order valence-corrected chi connectivity index (χ4v) is 0.695. The van der Waals surface area contributed by atoms with Crippen LogP contribution in [0.1, 0.15) is 13.3 Å². The van der Waals surface area contributed by atoms with E-state index in [1.807, 2.05) is 0 Å². The van der Waals surface area contributed by atoms with Gasteiger partial charge < -0.3 is 9.84 Å². The lowest BCUT2D eigenvalue weighted by Crippen LogP contribution is -1.98. The zero-order valence-electron chi connectivity index (χ0n) is 6.87. The van der Waals surface area contributed by atoms with E-state index in [0.29, 0.717) is 6.61 Å². The van der Waals surface area contributed by atoms with Gasteiger partial charge in [-0.15, -0.1) is 0 Å². The van der Waals surface area contributed by atoms with Crippen LogP contribution < -0.4 is 0 Å². The van der Waals surface area contributed by atoms with Crippen molar-refractivity contribution >= 4 is 0 Å². The molecule has 0 rings (SSSR count). The van der Waals surface area contributed by atoms with Crippen LogP contribution in [0.25, 0.3) is 0 Å². The summed E-state index contributed by atoms with van der Waals surface area (Å²) in [5.74, 6) is 0.269. The second kappa shape index (κ2) is 6.21. The molecule has 12 heavy (non-hydrogen) atoms. The molecule has 0 unspecified atom stereocenters. The van der Waals surface area contributed by atoms with Gasteiger partial charge in [0.05, 0.1) is 13.2 Å². The van der Waals surface area contributed by atoms with Crippen LogP contribution in [0.15, 0.2) is 11.3 Å². The summed E-state index contributed by atoms with van der Waals surface area (Å²) in [6.07, 6.45) is 0.213. The van der Waals surface area contributed by atoms with E-state index >= 15 is 0 Å². The summed E-state index contributed by atoms with van der Waals surface area (Å²) in [4.78, 5) is 0. The molecule has 0 bridgehead atoms. The Morgan fingerprint density at radius 3 is 2.33 bits per heavy atom. The Balaban J connectivity index is 4.57. The van der Waals surface area contributed by atoms with Crippen LogP contribution in [0.2, 0.25) is 0 Å². The molecule has 0 aromatic rings. The highest BCUT2D eigenvalue weighted by atomic mass is 16.5. The molecule has 0 amide bonds. The number of nitriles is 2. The lowest BCUT2D eigenvalue weighted by atomic mass is 10.2. The van der Waals surface area contributed by atoms with Gasteiger partial charge in [-0.25, -0.2) is 0 Å². The van der Waals surface area contributed by atoms with Crippen LogP contribution in [-0.4, -0.2) is 18.3 Å². The van der Waals surface area contributed by atoms with Crippen molar-refractivity contribution in [2.45, 2.75) is 13.3 Å². The van der Waals surface area contributed by atoms with Gasteiger partial charge in [0, 0.05) is 6.42 Å². The minimum atomic E-state index is -0.123. The highest BCUT2D eigenvalue weighted by Gasteiger charge is 2.05. The Labute approximate surface area is 71.3 Å². The summed E-state index contributed by atoms with van der Waals surface area (Å²) in [6.45, 7) is 2.02. The molecule has 0 radical (unpaired) electrons. The predicted molar refractivity (Wildman–Crippen MR) is 41.6 cm³/mol. The molecule has 0 fully saturated rings. The lowest BCUT2D eigenvalue weighted by Gasteiger charge is -2.05. The number of aliphatic hydroxyl groups is 1. The largest absolute Gasteiger partial charge is 0.496 e. The fourth-order valence-electron chi connectivity index (χ4n) is 0.695. The maximum Gasteiger partial charge on any atom is 0.167 e. The molecule has 0 aliphatic carbocycles. The topological polar surface area (TPSA) is 77.0 Å². The third-order valence-electron chi connectivity index (χ3n) is 1.16. The van der Waals surface area contributed by atoms with Gasteiger partial charge in [0.25, 0.3) is 0 Å². The molecule has 0 heterocycles. The number of hydrogen-bond acceptors (Lipinski definition) is 4. The SMILES string of the molecule is CCOC(CCO)=C(C#N)C#N. The van der Waals surface area contributed by atoms with E-state index < -0.39 is 0 Å². The van der Waals surface area contributed by atoms with E-state index in [0.717, 1.165) is 0 Å². The van der Waals surface area contributed by atoms with Gasteiger partial charge in [0.2, 0.25) is 0 Å². The highest BCUT2D eigenvalue weighted by molar-refractivity contribution is 5.37. The second-order valence-corrected chi connectivity index (χ2v) is 1.93. The summed E-state index contributed by atoms with van der Waals surface area (Å²) in [5.41, 5.74) is -0.0640. The fraction of sp³-hybridized carbons (Fsp3) is 0.500. The van der Waals surface area contributed by atoms with E-state index in [2.05, 4.69) is 0 Å². The molecule has 0 aromatic carbocycles. The second-order valence-electron chi connectivity index (χ2n) is 1.93. The van der Waals surface area contributed by atoms with Crippen LogP contribution in [0.5, 0.6) is 0 Å². The van der Waals surface area contributed by atoms with Gasteiger partial charge in [0.1, 0.15) is 17.9 Å². The Hall–Kier alpha value is -1.52. The van der Waals surface area contributed by atoms with E-state index in [9.17, 15) is 0 Å². The van der Waals surface area contributed by atoms with Crippen LogP contribution in [0.4, 0.5) is 0 Å². The molecular weight excluding hydrogens is 156 g/mol. The number of ether oxygens (including phenoxy) is 1. The molecule has 4 nitrogen and oxygen atoms in total. The van der Waals surface area contributed by atoms with Gasteiger partial charge in [-0.3, -0.25) is 0 Å². The summed E-state index contributed by atoms with van der Waals surface area (Å²) < 4.78 is 5.00. The first-order valence-electron chi connectivity index (χ1n) is 3.57. The van der Waals surface area contributed by atoms with Gasteiger partial charge >= 0.3 is 0 Å². The minimum absolute atomic E-state index is 0.0640. The van der Waals surface area contributed by atoms with E-state index in [1.165, 1.54) is 0 Å². The molecular formula is C8H10N2O2. The Bertz CT molecular complexity index is 221. The van der Waals surface area contributed by atoms with Gasteiger partial charge in [0.15, 0.2) is 5.57 Å². The van der Waals surface area contributed by atoms with Crippen molar-refractivity contribution in [2.24, 2.45) is 0 Å². The van der Waals surface area contributed by atoms with Crippen LogP contribution in [0, 0.1) is 22.7 Å². The number of nitrogens with zero attached hydrogens (tertiary/aromatic N) is 2. The monoisotopic (exact) mass is 166 g/mol. The number of hydrogen-bond donors (Lipinski definition) is 1. The zero-order chi connectivity index (χ0) is 9.40. The molecule has 0 saturated carbocycles. The molecule has 64 valence electrons. The van der Waals surface area contributed by atoms with Gasteiger partial charge in [-0.1, -0.05) is 0 Å². The normalized spacial score (nSPS) is 8.00. The van der Waals surface area contributed by atoms with Gasteiger partial charge in [-0.2, -0.15) is 10.5 Å². The quantitative estimate of drug-likeness (QED) is 0.492. The minimum Gasteiger partial charge on any atom is -0.496 e. The first-order chi connectivity index (χ1) is 5.79. The third kappa shape index (κ3) is 3.05. The molecule has 0 aliphatic heterocycles. The summed E-state index contributed by atoms with van der Waals surface area (Å²) in [7, 11) is 0. The Kier molecular flexibility index (Phi) is 5.42. The summed E-state index contributed by atoms with van der Waals surface area (Å²) in [5, 5.41) is 25.5. The average molecular weight is 166 g/mol. The van der Waals surface area contributed by atoms with Crippen LogP contribution >= 0.6 is 0 Å². The number of aliphatic hydroxyl groups excluding tert-OH is 1. The van der Waals surface area contributed by atoms with Crippen molar-refractivity contribution in [3.63, 3.8) is 0 Å². The van der Waals surface area contributed by atoms with Crippen molar-refractivity contribution in [3.05, 3.63) is 11.3 Å². The number of rotatable bonds is 4. The smallest absolute Gasteiger partial charge is 0.167 e. The molecule has 0 spiro atoms. The molecule has 0 aliphatic rings. The molecule has 1 N–H and O–H groups in total. The summed E-state index contributed by atoms with van der Waals surface area (Å²) >= 11 is 0. The Morgan fingerprint density at radius 2 is 2.00 bits per heavy atom. The average Bonchev–Trinajstić information content (AvgIpc) is 2.07. The van der Waals surface area contributed by atoms with E-state index in [4.69, 9.17) is 20.4 Å². The first-order valence-corrected chi connectivity index (χ1v) is 3.57. The van der Waals surface area contributed by atoms with Crippen molar-refractivity contribution in [2.75, 3.05) is 13.2 Å². The van der Waals surface area contributed by atoms with Gasteiger partial charge in [-0.05, 0) is 6.92 Å². The molecule has 4 heteroatoms. The number of allylic oxidation sites excluding steroid dienone is 1. The van der Waals surface area contributed by atoms with E-state index in [-0.39, 0.29) is 24.4 Å². The predicted octanol–water partition coefficient (Wildman–Crippen LogP) is 0.707. The lowest BCUT2D eigenvalue weighted by molar-refractivity contribution is 0.193.